The molecule has 176 valence electrons. The zero-order valence-electron chi connectivity index (χ0n) is 18.0. The molecule has 0 bridgehead atoms. The average Bonchev–Trinajstić information content (AvgIpc) is 3.40. The summed E-state index contributed by atoms with van der Waals surface area (Å²) in [5.74, 6) is -6.72. The van der Waals surface area contributed by atoms with Crippen molar-refractivity contribution in [1.82, 2.24) is 19.1 Å². The molecule has 2 N–H and O–H groups in total. The molecule has 2 heterocycles. The largest absolute Gasteiger partial charge is 0.478 e. The summed E-state index contributed by atoms with van der Waals surface area (Å²) in [4.78, 5) is 80.3. The van der Waals surface area contributed by atoms with Crippen molar-refractivity contribution in [3.8, 4) is 0 Å². The summed E-state index contributed by atoms with van der Waals surface area (Å²) in [6, 6.07) is 4.17. The maximum atomic E-state index is 12.8. The van der Waals surface area contributed by atoms with Gasteiger partial charge < -0.3 is 14.9 Å². The number of ether oxygens (including phenoxy) is 1. The Bertz CT molecular complexity index is 1510. The van der Waals surface area contributed by atoms with Crippen LogP contribution in [-0.2, 0) is 4.74 Å². The fourth-order valence-electron chi connectivity index (χ4n) is 3.50. The molecule has 4 aromatic rings. The van der Waals surface area contributed by atoms with Crippen LogP contribution < -0.4 is 0 Å². The molecule has 13 heteroatoms. The predicted molar refractivity (Wildman–Crippen MR) is 116 cm³/mol. The molecular formula is C22H14N4O9. The van der Waals surface area contributed by atoms with E-state index in [-0.39, 0.29) is 22.1 Å². The van der Waals surface area contributed by atoms with Crippen LogP contribution in [0.1, 0.15) is 64.9 Å². The monoisotopic (exact) mass is 478 g/mol. The summed E-state index contributed by atoms with van der Waals surface area (Å²) in [5.41, 5.74) is -1.77. The first kappa shape index (κ1) is 23.0. The normalized spacial score (nSPS) is 10.9. The molecule has 0 aliphatic carbocycles. The molecule has 0 unspecified atom stereocenters. The standard InChI is InChI=1S/C22H14N4O9/c1-9(27)25-7-23-15-3-13(11(19(29)30)5-17(15)25)21(33)35-22(34)14-4-16-18(6-12(14)20(31)32)26(8-24-16)10(2)28/h3-8H,1-2H3,(H,29,30)(H,31,32). The van der Waals surface area contributed by atoms with Crippen LogP contribution >= 0.6 is 0 Å². The Balaban J connectivity index is 1.76. The summed E-state index contributed by atoms with van der Waals surface area (Å²) < 4.78 is 6.96. The van der Waals surface area contributed by atoms with E-state index in [2.05, 4.69) is 9.97 Å². The Morgan fingerprint density at radius 1 is 0.657 bits per heavy atom. The highest BCUT2D eigenvalue weighted by Gasteiger charge is 2.27. The molecule has 0 fully saturated rings. The Kier molecular flexibility index (Phi) is 5.45. The number of nitrogens with zero attached hydrogens (tertiary/aromatic N) is 4. The van der Waals surface area contributed by atoms with E-state index in [0.29, 0.717) is 0 Å². The molecule has 0 amide bonds. The second kappa shape index (κ2) is 8.30. The van der Waals surface area contributed by atoms with Crippen molar-refractivity contribution >= 4 is 57.8 Å². The fraction of sp³-hybridized carbons (Fsp3) is 0.0909. The van der Waals surface area contributed by atoms with E-state index in [0.717, 1.165) is 46.1 Å². The highest BCUT2D eigenvalue weighted by Crippen LogP contribution is 2.24. The van der Waals surface area contributed by atoms with Gasteiger partial charge in [-0.2, -0.15) is 0 Å². The topological polar surface area (TPSA) is 188 Å². The minimum atomic E-state index is -1.54. The summed E-state index contributed by atoms with van der Waals surface area (Å²) in [5, 5.41) is 19.1. The van der Waals surface area contributed by atoms with Crippen LogP contribution in [0, 0.1) is 0 Å². The van der Waals surface area contributed by atoms with Gasteiger partial charge in [-0.05, 0) is 24.3 Å². The molecule has 0 spiro atoms. The van der Waals surface area contributed by atoms with Crippen molar-refractivity contribution in [3.05, 3.63) is 59.2 Å². The fourth-order valence-corrected chi connectivity index (χ4v) is 3.50. The van der Waals surface area contributed by atoms with Gasteiger partial charge in [0, 0.05) is 13.8 Å². The van der Waals surface area contributed by atoms with Crippen molar-refractivity contribution < 1.29 is 43.7 Å². The van der Waals surface area contributed by atoms with E-state index < -0.39 is 57.9 Å². The van der Waals surface area contributed by atoms with Gasteiger partial charge in [-0.25, -0.2) is 29.1 Å². The lowest BCUT2D eigenvalue weighted by molar-refractivity contribution is 0.0386. The van der Waals surface area contributed by atoms with E-state index in [9.17, 15) is 39.0 Å². The predicted octanol–water partition coefficient (Wildman–Crippen LogP) is 2.10. The lowest BCUT2D eigenvalue weighted by Crippen LogP contribution is -2.19. The molecule has 0 atom stereocenters. The SMILES string of the molecule is CC(=O)n1cnc2cc(C(=O)OC(=O)c3cc4ncn(C(C)=O)c4cc3C(=O)O)c(C(=O)O)cc21. The third kappa shape index (κ3) is 3.90. The third-order valence-corrected chi connectivity index (χ3v) is 5.14. The minimum Gasteiger partial charge on any atom is -0.478 e. The van der Waals surface area contributed by atoms with Crippen molar-refractivity contribution in [1.29, 1.82) is 0 Å². The number of carboxylic acids is 2. The van der Waals surface area contributed by atoms with Crippen molar-refractivity contribution in [3.63, 3.8) is 0 Å². The maximum absolute atomic E-state index is 12.8. The van der Waals surface area contributed by atoms with Crippen molar-refractivity contribution in [2.75, 3.05) is 0 Å². The number of imidazole rings is 2. The van der Waals surface area contributed by atoms with Crippen molar-refractivity contribution in [2.45, 2.75) is 13.8 Å². The first-order valence-corrected chi connectivity index (χ1v) is 9.76. The van der Waals surface area contributed by atoms with Crippen LogP contribution in [0.5, 0.6) is 0 Å². The summed E-state index contributed by atoms with van der Waals surface area (Å²) >= 11 is 0. The van der Waals surface area contributed by atoms with Crippen LogP contribution in [-0.4, -0.2) is 65.0 Å². The molecule has 4 rings (SSSR count). The third-order valence-electron chi connectivity index (χ3n) is 5.14. The van der Waals surface area contributed by atoms with Crippen molar-refractivity contribution in [2.24, 2.45) is 0 Å². The number of carboxylic acid groups (broad SMARTS) is 2. The smallest absolute Gasteiger partial charge is 0.346 e. The van der Waals surface area contributed by atoms with Crippen LogP contribution in [0.25, 0.3) is 22.1 Å². The number of carbonyl (C=O) groups is 6. The number of esters is 2. The van der Waals surface area contributed by atoms with Gasteiger partial charge in [0.15, 0.2) is 0 Å². The van der Waals surface area contributed by atoms with E-state index >= 15 is 0 Å². The van der Waals surface area contributed by atoms with Gasteiger partial charge in [-0.3, -0.25) is 18.7 Å². The zero-order valence-corrected chi connectivity index (χ0v) is 18.0. The number of carbonyl (C=O) groups excluding carboxylic acids is 4. The Morgan fingerprint density at radius 2 is 1.03 bits per heavy atom. The molecule has 0 aliphatic rings. The lowest BCUT2D eigenvalue weighted by Gasteiger charge is -2.09. The first-order chi connectivity index (χ1) is 16.5. The second-order valence-electron chi connectivity index (χ2n) is 7.33. The minimum absolute atomic E-state index is 0.0898. The Morgan fingerprint density at radius 3 is 1.34 bits per heavy atom. The molecule has 0 radical (unpaired) electrons. The number of aromatic nitrogens is 4. The van der Waals surface area contributed by atoms with Crippen LogP contribution in [0.2, 0.25) is 0 Å². The average molecular weight is 478 g/mol. The number of benzene rings is 2. The summed E-state index contributed by atoms with van der Waals surface area (Å²) in [7, 11) is 0. The Hall–Kier alpha value is -5.20. The summed E-state index contributed by atoms with van der Waals surface area (Å²) in [6.45, 7) is 2.47. The van der Waals surface area contributed by atoms with E-state index in [1.54, 1.807) is 0 Å². The highest BCUT2D eigenvalue weighted by molar-refractivity contribution is 6.13. The number of fused-ring (bicyclic) bond motifs is 2. The van der Waals surface area contributed by atoms with Gasteiger partial charge in [0.25, 0.3) is 0 Å². The maximum Gasteiger partial charge on any atom is 0.346 e. The van der Waals surface area contributed by atoms with Crippen LogP contribution in [0.4, 0.5) is 0 Å². The van der Waals surface area contributed by atoms with Crippen LogP contribution in [0.15, 0.2) is 36.9 Å². The molecule has 2 aromatic carbocycles. The number of hydrogen-bond acceptors (Lipinski definition) is 9. The van der Waals surface area contributed by atoms with E-state index in [1.165, 1.54) is 13.8 Å². The van der Waals surface area contributed by atoms with E-state index in [1.807, 2.05) is 0 Å². The molecule has 35 heavy (non-hydrogen) atoms. The van der Waals surface area contributed by atoms with Gasteiger partial charge in [-0.15, -0.1) is 0 Å². The Labute approximate surface area is 194 Å². The van der Waals surface area contributed by atoms with Gasteiger partial charge in [-0.1, -0.05) is 0 Å². The molecule has 2 aromatic heterocycles. The first-order valence-electron chi connectivity index (χ1n) is 9.76. The molecule has 13 nitrogen and oxygen atoms in total. The highest BCUT2D eigenvalue weighted by atomic mass is 16.6. The van der Waals surface area contributed by atoms with E-state index in [4.69, 9.17) is 4.74 Å². The number of hydrogen-bond donors (Lipinski definition) is 2. The summed E-state index contributed by atoms with van der Waals surface area (Å²) in [6.07, 6.45) is 2.29. The molecule has 0 saturated heterocycles. The number of rotatable bonds is 4. The molecular weight excluding hydrogens is 464 g/mol. The van der Waals surface area contributed by atoms with Gasteiger partial charge in [0.05, 0.1) is 44.3 Å². The number of aromatic carboxylic acids is 2. The van der Waals surface area contributed by atoms with Gasteiger partial charge in [0.1, 0.15) is 12.7 Å². The van der Waals surface area contributed by atoms with Crippen LogP contribution in [0.3, 0.4) is 0 Å². The molecule has 0 aliphatic heterocycles. The van der Waals surface area contributed by atoms with Gasteiger partial charge >= 0.3 is 23.9 Å². The van der Waals surface area contributed by atoms with Gasteiger partial charge in [0.2, 0.25) is 11.8 Å². The quantitative estimate of drug-likeness (QED) is 0.323. The second-order valence-corrected chi connectivity index (χ2v) is 7.33. The zero-order chi connectivity index (χ0) is 25.6. The molecule has 0 saturated carbocycles. The lowest BCUT2D eigenvalue weighted by atomic mass is 10.1.